The molecule has 3 atom stereocenters. The molecule has 0 amide bonds. The van der Waals surface area contributed by atoms with Crippen molar-refractivity contribution < 1.29 is 9.50 Å². The molecule has 0 bridgehead atoms. The first-order valence-electron chi connectivity index (χ1n) is 6.42. The van der Waals surface area contributed by atoms with E-state index in [-0.39, 0.29) is 18.0 Å². The van der Waals surface area contributed by atoms with Gasteiger partial charge in [-0.3, -0.25) is 0 Å². The van der Waals surface area contributed by atoms with Crippen molar-refractivity contribution in [2.24, 2.45) is 5.92 Å². The van der Waals surface area contributed by atoms with Gasteiger partial charge in [-0.15, -0.1) is 0 Å². The van der Waals surface area contributed by atoms with Crippen molar-refractivity contribution in [2.45, 2.75) is 38.3 Å². The smallest absolute Gasteiger partial charge is 0.128 e. The lowest BCUT2D eigenvalue weighted by atomic mass is 10.1. The van der Waals surface area contributed by atoms with Crippen LogP contribution in [-0.2, 0) is 0 Å². The maximum Gasteiger partial charge on any atom is 0.128 e. The molecule has 0 saturated heterocycles. The number of hydrogen-bond donors (Lipinski definition) is 2. The molecule has 4 heteroatoms. The maximum atomic E-state index is 13.7. The molecular formula is C14H19BrFNO. The van der Waals surface area contributed by atoms with Gasteiger partial charge in [-0.05, 0) is 56.8 Å². The SMILES string of the molecule is CC(NCC1CCC(O)C1)c1cc(Br)ccc1F. The molecule has 1 aromatic carbocycles. The first-order chi connectivity index (χ1) is 8.56. The van der Waals surface area contributed by atoms with Gasteiger partial charge in [-0.25, -0.2) is 4.39 Å². The van der Waals surface area contributed by atoms with Gasteiger partial charge in [0.25, 0.3) is 0 Å². The first-order valence-corrected chi connectivity index (χ1v) is 7.22. The third-order valence-corrected chi connectivity index (χ3v) is 4.14. The monoisotopic (exact) mass is 315 g/mol. The van der Waals surface area contributed by atoms with Gasteiger partial charge < -0.3 is 10.4 Å². The van der Waals surface area contributed by atoms with E-state index in [1.807, 2.05) is 13.0 Å². The van der Waals surface area contributed by atoms with E-state index in [9.17, 15) is 9.50 Å². The van der Waals surface area contributed by atoms with Crippen molar-refractivity contribution in [1.29, 1.82) is 0 Å². The highest BCUT2D eigenvalue weighted by molar-refractivity contribution is 9.10. The van der Waals surface area contributed by atoms with E-state index in [2.05, 4.69) is 21.2 Å². The van der Waals surface area contributed by atoms with E-state index < -0.39 is 0 Å². The second kappa shape index (κ2) is 6.13. The standard InChI is InChI=1S/C14H19BrFNO/c1-9(13-7-11(15)3-5-14(13)16)17-8-10-2-4-12(18)6-10/h3,5,7,9-10,12,17-18H,2,4,6,8H2,1H3. The zero-order chi connectivity index (χ0) is 13.1. The molecule has 100 valence electrons. The third-order valence-electron chi connectivity index (χ3n) is 3.65. The predicted octanol–water partition coefficient (Wildman–Crippen LogP) is 3.40. The highest BCUT2D eigenvalue weighted by Crippen LogP contribution is 2.26. The van der Waals surface area contributed by atoms with Gasteiger partial charge in [0.15, 0.2) is 0 Å². The number of halogens is 2. The van der Waals surface area contributed by atoms with Gasteiger partial charge in [-0.1, -0.05) is 15.9 Å². The van der Waals surface area contributed by atoms with Crippen LogP contribution in [0.15, 0.2) is 22.7 Å². The van der Waals surface area contributed by atoms with Crippen LogP contribution in [-0.4, -0.2) is 17.8 Å². The summed E-state index contributed by atoms with van der Waals surface area (Å²) in [4.78, 5) is 0. The Hall–Kier alpha value is -0.450. The minimum Gasteiger partial charge on any atom is -0.393 e. The van der Waals surface area contributed by atoms with Crippen LogP contribution in [0.1, 0.15) is 37.8 Å². The summed E-state index contributed by atoms with van der Waals surface area (Å²) in [5.41, 5.74) is 0.683. The van der Waals surface area contributed by atoms with E-state index in [1.54, 1.807) is 6.07 Å². The Kier molecular flexibility index (Phi) is 4.76. The minimum atomic E-state index is -0.176. The average molecular weight is 316 g/mol. The van der Waals surface area contributed by atoms with Crippen LogP contribution >= 0.6 is 15.9 Å². The largest absolute Gasteiger partial charge is 0.393 e. The Balaban J connectivity index is 1.91. The summed E-state index contributed by atoms with van der Waals surface area (Å²) in [6, 6.07) is 4.99. The van der Waals surface area contributed by atoms with Crippen LogP contribution in [0.2, 0.25) is 0 Å². The fourth-order valence-electron chi connectivity index (χ4n) is 2.53. The Bertz CT molecular complexity index is 413. The third kappa shape index (κ3) is 3.53. The summed E-state index contributed by atoms with van der Waals surface area (Å²) < 4.78 is 14.6. The normalized spacial score (nSPS) is 25.3. The Morgan fingerprint density at radius 2 is 2.28 bits per heavy atom. The second-order valence-corrected chi connectivity index (χ2v) is 6.04. The average Bonchev–Trinajstić information content (AvgIpc) is 2.75. The molecule has 2 nitrogen and oxygen atoms in total. The Morgan fingerprint density at radius 3 is 2.94 bits per heavy atom. The summed E-state index contributed by atoms with van der Waals surface area (Å²) in [7, 11) is 0. The van der Waals surface area contributed by atoms with Crippen molar-refractivity contribution in [3.63, 3.8) is 0 Å². The molecule has 1 saturated carbocycles. The van der Waals surface area contributed by atoms with E-state index in [0.29, 0.717) is 11.5 Å². The van der Waals surface area contributed by atoms with Crippen molar-refractivity contribution in [1.82, 2.24) is 5.32 Å². The zero-order valence-electron chi connectivity index (χ0n) is 10.5. The predicted molar refractivity (Wildman–Crippen MR) is 73.9 cm³/mol. The topological polar surface area (TPSA) is 32.3 Å². The molecule has 0 radical (unpaired) electrons. The molecule has 1 aliphatic carbocycles. The van der Waals surface area contributed by atoms with Gasteiger partial charge in [0.05, 0.1) is 6.10 Å². The summed E-state index contributed by atoms with van der Waals surface area (Å²) in [6.45, 7) is 2.81. The lowest BCUT2D eigenvalue weighted by molar-refractivity contribution is 0.177. The lowest BCUT2D eigenvalue weighted by Gasteiger charge is -2.18. The highest BCUT2D eigenvalue weighted by Gasteiger charge is 2.23. The van der Waals surface area contributed by atoms with Gasteiger partial charge in [0.1, 0.15) is 5.82 Å². The Labute approximate surface area is 116 Å². The highest BCUT2D eigenvalue weighted by atomic mass is 79.9. The molecular weight excluding hydrogens is 297 g/mol. The molecule has 1 aromatic rings. The molecule has 0 heterocycles. The molecule has 2 N–H and O–H groups in total. The quantitative estimate of drug-likeness (QED) is 0.892. The Morgan fingerprint density at radius 1 is 1.50 bits per heavy atom. The van der Waals surface area contributed by atoms with Crippen LogP contribution < -0.4 is 5.32 Å². The second-order valence-electron chi connectivity index (χ2n) is 5.13. The fourth-order valence-corrected chi connectivity index (χ4v) is 2.91. The van der Waals surface area contributed by atoms with Crippen LogP contribution in [0.3, 0.4) is 0 Å². The molecule has 0 aromatic heterocycles. The van der Waals surface area contributed by atoms with Gasteiger partial charge in [0, 0.05) is 16.1 Å². The van der Waals surface area contributed by atoms with Crippen LogP contribution in [0.5, 0.6) is 0 Å². The van der Waals surface area contributed by atoms with Crippen LogP contribution in [0, 0.1) is 11.7 Å². The number of hydrogen-bond acceptors (Lipinski definition) is 2. The summed E-state index contributed by atoms with van der Waals surface area (Å²) in [6.07, 6.45) is 2.67. The van der Waals surface area contributed by atoms with Crippen molar-refractivity contribution in [3.8, 4) is 0 Å². The molecule has 1 fully saturated rings. The summed E-state index contributed by atoms with van der Waals surface area (Å²) in [5.74, 6) is 0.335. The lowest BCUT2D eigenvalue weighted by Crippen LogP contribution is -2.25. The molecule has 0 spiro atoms. The first kappa shape index (κ1) is 14.0. The number of aliphatic hydroxyl groups excluding tert-OH is 1. The van der Waals surface area contributed by atoms with Gasteiger partial charge in [-0.2, -0.15) is 0 Å². The molecule has 2 rings (SSSR count). The summed E-state index contributed by atoms with van der Waals surface area (Å²) >= 11 is 3.36. The van der Waals surface area contributed by atoms with Crippen LogP contribution in [0.25, 0.3) is 0 Å². The molecule has 1 aliphatic rings. The maximum absolute atomic E-state index is 13.7. The van der Waals surface area contributed by atoms with Crippen molar-refractivity contribution >= 4 is 15.9 Å². The van der Waals surface area contributed by atoms with E-state index in [1.165, 1.54) is 6.07 Å². The zero-order valence-corrected chi connectivity index (χ0v) is 12.1. The van der Waals surface area contributed by atoms with E-state index >= 15 is 0 Å². The minimum absolute atomic E-state index is 0.0137. The molecule has 0 aliphatic heterocycles. The van der Waals surface area contributed by atoms with Gasteiger partial charge in [0.2, 0.25) is 0 Å². The van der Waals surface area contributed by atoms with Crippen molar-refractivity contribution in [2.75, 3.05) is 6.54 Å². The van der Waals surface area contributed by atoms with E-state index in [0.717, 1.165) is 30.3 Å². The molecule has 3 unspecified atom stereocenters. The van der Waals surface area contributed by atoms with Crippen molar-refractivity contribution in [3.05, 3.63) is 34.1 Å². The molecule has 18 heavy (non-hydrogen) atoms. The number of rotatable bonds is 4. The van der Waals surface area contributed by atoms with E-state index in [4.69, 9.17) is 0 Å². The fraction of sp³-hybridized carbons (Fsp3) is 0.571. The van der Waals surface area contributed by atoms with Crippen LogP contribution in [0.4, 0.5) is 4.39 Å². The number of benzene rings is 1. The number of aliphatic hydroxyl groups is 1. The van der Waals surface area contributed by atoms with Gasteiger partial charge >= 0.3 is 0 Å². The number of nitrogens with one attached hydrogen (secondary N) is 1. The summed E-state index contributed by atoms with van der Waals surface area (Å²) in [5, 5.41) is 12.8.